The summed E-state index contributed by atoms with van der Waals surface area (Å²) in [6.45, 7) is 8.93. The van der Waals surface area contributed by atoms with E-state index in [1.165, 1.54) is 18.6 Å². The van der Waals surface area contributed by atoms with Gasteiger partial charge in [-0.05, 0) is 25.2 Å². The van der Waals surface area contributed by atoms with Gasteiger partial charge in [0, 0.05) is 12.8 Å². The predicted molar refractivity (Wildman–Crippen MR) is 52.3 cm³/mol. The zero-order chi connectivity index (χ0) is 8.85. The van der Waals surface area contributed by atoms with Crippen LogP contribution in [0.15, 0.2) is 4.99 Å². The van der Waals surface area contributed by atoms with E-state index < -0.39 is 0 Å². The van der Waals surface area contributed by atoms with Gasteiger partial charge in [-0.1, -0.05) is 27.2 Å². The molecule has 0 heterocycles. The van der Waals surface area contributed by atoms with Gasteiger partial charge in [0.2, 0.25) is 0 Å². The maximum Gasteiger partial charge on any atom is 0.0276 e. The van der Waals surface area contributed by atoms with Crippen molar-refractivity contribution in [2.45, 2.75) is 40.5 Å². The summed E-state index contributed by atoms with van der Waals surface area (Å²) in [7, 11) is 1.88. The topological polar surface area (TPSA) is 12.4 Å². The molecule has 0 spiro atoms. The van der Waals surface area contributed by atoms with Gasteiger partial charge in [0.1, 0.15) is 0 Å². The van der Waals surface area contributed by atoms with Crippen LogP contribution in [0.5, 0.6) is 0 Å². The molecule has 0 bridgehead atoms. The normalized spacial score (nSPS) is 18.1. The van der Waals surface area contributed by atoms with Crippen LogP contribution in [0.4, 0.5) is 0 Å². The average Bonchev–Trinajstić information content (AvgIpc) is 2.02. The van der Waals surface area contributed by atoms with Crippen molar-refractivity contribution < 1.29 is 0 Å². The van der Waals surface area contributed by atoms with E-state index in [4.69, 9.17) is 0 Å². The summed E-state index contributed by atoms with van der Waals surface area (Å²) in [6, 6.07) is 0. The van der Waals surface area contributed by atoms with E-state index in [2.05, 4.69) is 32.7 Å². The minimum absolute atomic E-state index is 0.662. The van der Waals surface area contributed by atoms with Gasteiger partial charge in [0.25, 0.3) is 0 Å². The van der Waals surface area contributed by atoms with Crippen LogP contribution in [0.1, 0.15) is 40.5 Å². The molecule has 11 heavy (non-hydrogen) atoms. The van der Waals surface area contributed by atoms with Crippen molar-refractivity contribution in [3.63, 3.8) is 0 Å². The standard InChI is InChI=1S/C10H21N/c1-6-8(2)7-9(3)10(4)11-5/h8-9H,6-7H2,1-5H3. The summed E-state index contributed by atoms with van der Waals surface area (Å²) >= 11 is 0. The monoisotopic (exact) mass is 155 g/mol. The van der Waals surface area contributed by atoms with Gasteiger partial charge < -0.3 is 0 Å². The molecule has 0 aliphatic rings. The molecule has 0 amide bonds. The second-order valence-corrected chi connectivity index (χ2v) is 3.52. The molecule has 66 valence electrons. The highest BCUT2D eigenvalue weighted by molar-refractivity contribution is 5.83. The molecule has 0 aromatic carbocycles. The maximum atomic E-state index is 4.19. The molecular weight excluding hydrogens is 134 g/mol. The fourth-order valence-corrected chi connectivity index (χ4v) is 1.16. The molecule has 0 rings (SSSR count). The molecule has 0 saturated heterocycles. The third-order valence-corrected chi connectivity index (χ3v) is 2.52. The third kappa shape index (κ3) is 4.18. The highest BCUT2D eigenvalue weighted by atomic mass is 14.7. The SMILES string of the molecule is CCC(C)CC(C)C(C)=NC. The van der Waals surface area contributed by atoms with Crippen LogP contribution >= 0.6 is 0 Å². The molecule has 0 aromatic rings. The van der Waals surface area contributed by atoms with Gasteiger partial charge >= 0.3 is 0 Å². The highest BCUT2D eigenvalue weighted by Crippen LogP contribution is 2.15. The Bertz CT molecular complexity index is 127. The van der Waals surface area contributed by atoms with Gasteiger partial charge in [-0.2, -0.15) is 0 Å². The van der Waals surface area contributed by atoms with Crippen molar-refractivity contribution >= 4 is 5.71 Å². The van der Waals surface area contributed by atoms with Crippen molar-refractivity contribution in [3.05, 3.63) is 0 Å². The second-order valence-electron chi connectivity index (χ2n) is 3.52. The molecule has 0 aliphatic carbocycles. The van der Waals surface area contributed by atoms with E-state index in [0.717, 1.165) is 5.92 Å². The third-order valence-electron chi connectivity index (χ3n) is 2.52. The fraction of sp³-hybridized carbons (Fsp3) is 0.900. The minimum Gasteiger partial charge on any atom is -0.297 e. The summed E-state index contributed by atoms with van der Waals surface area (Å²) in [5.74, 6) is 1.50. The molecule has 1 heteroatoms. The predicted octanol–water partition coefficient (Wildman–Crippen LogP) is 3.15. The first-order chi connectivity index (χ1) is 5.11. The lowest BCUT2D eigenvalue weighted by Gasteiger charge is -2.14. The Hall–Kier alpha value is -0.330. The Morgan fingerprint density at radius 2 is 1.91 bits per heavy atom. The van der Waals surface area contributed by atoms with E-state index in [9.17, 15) is 0 Å². The van der Waals surface area contributed by atoms with E-state index in [-0.39, 0.29) is 0 Å². The van der Waals surface area contributed by atoms with Crippen molar-refractivity contribution in [2.75, 3.05) is 7.05 Å². The van der Waals surface area contributed by atoms with Crippen molar-refractivity contribution in [2.24, 2.45) is 16.8 Å². The molecule has 0 fully saturated rings. The molecule has 1 nitrogen and oxygen atoms in total. The Labute approximate surface area is 70.9 Å². The Morgan fingerprint density at radius 1 is 1.36 bits per heavy atom. The van der Waals surface area contributed by atoms with Crippen LogP contribution in [0.25, 0.3) is 0 Å². The summed E-state index contributed by atoms with van der Waals surface area (Å²) in [4.78, 5) is 4.19. The van der Waals surface area contributed by atoms with E-state index in [1.807, 2.05) is 7.05 Å². The van der Waals surface area contributed by atoms with E-state index in [1.54, 1.807) is 0 Å². The van der Waals surface area contributed by atoms with Crippen LogP contribution < -0.4 is 0 Å². The van der Waals surface area contributed by atoms with E-state index >= 15 is 0 Å². The molecule has 0 radical (unpaired) electrons. The van der Waals surface area contributed by atoms with E-state index in [0.29, 0.717) is 5.92 Å². The summed E-state index contributed by atoms with van der Waals surface area (Å²) in [5.41, 5.74) is 1.28. The summed E-state index contributed by atoms with van der Waals surface area (Å²) in [5, 5.41) is 0. The van der Waals surface area contributed by atoms with Crippen LogP contribution in [0, 0.1) is 11.8 Å². The molecule has 0 aliphatic heterocycles. The van der Waals surface area contributed by atoms with Gasteiger partial charge in [-0.3, -0.25) is 4.99 Å². The molecular formula is C10H21N. The molecule has 2 unspecified atom stereocenters. The number of aliphatic imine (C=N–C) groups is 1. The largest absolute Gasteiger partial charge is 0.297 e. The zero-order valence-electron chi connectivity index (χ0n) is 8.52. The van der Waals surface area contributed by atoms with Crippen LogP contribution in [-0.2, 0) is 0 Å². The Balaban J connectivity index is 3.77. The summed E-state index contributed by atoms with van der Waals surface area (Å²) < 4.78 is 0. The molecule has 2 atom stereocenters. The summed E-state index contributed by atoms with van der Waals surface area (Å²) in [6.07, 6.45) is 2.56. The van der Waals surface area contributed by atoms with Gasteiger partial charge in [-0.15, -0.1) is 0 Å². The second kappa shape index (κ2) is 5.34. The lowest BCUT2D eigenvalue weighted by molar-refractivity contribution is 0.468. The number of nitrogens with zero attached hydrogens (tertiary/aromatic N) is 1. The zero-order valence-corrected chi connectivity index (χ0v) is 8.52. The molecule has 0 saturated carbocycles. The van der Waals surface area contributed by atoms with Crippen LogP contribution in [0.3, 0.4) is 0 Å². The highest BCUT2D eigenvalue weighted by Gasteiger charge is 2.08. The van der Waals surface area contributed by atoms with Gasteiger partial charge in [0.05, 0.1) is 0 Å². The van der Waals surface area contributed by atoms with Crippen LogP contribution in [-0.4, -0.2) is 12.8 Å². The van der Waals surface area contributed by atoms with Crippen molar-refractivity contribution in [1.29, 1.82) is 0 Å². The number of hydrogen-bond acceptors (Lipinski definition) is 1. The minimum atomic E-state index is 0.662. The smallest absolute Gasteiger partial charge is 0.0276 e. The first kappa shape index (κ1) is 10.7. The van der Waals surface area contributed by atoms with Crippen LogP contribution in [0.2, 0.25) is 0 Å². The Kier molecular flexibility index (Phi) is 5.18. The fourth-order valence-electron chi connectivity index (χ4n) is 1.16. The van der Waals surface area contributed by atoms with Crippen molar-refractivity contribution in [3.8, 4) is 0 Å². The number of rotatable bonds is 4. The first-order valence-electron chi connectivity index (χ1n) is 4.55. The Morgan fingerprint density at radius 3 is 2.27 bits per heavy atom. The lowest BCUT2D eigenvalue weighted by Crippen LogP contribution is -2.10. The van der Waals surface area contributed by atoms with Crippen molar-refractivity contribution in [1.82, 2.24) is 0 Å². The average molecular weight is 155 g/mol. The maximum absolute atomic E-state index is 4.19. The lowest BCUT2D eigenvalue weighted by atomic mass is 9.92. The molecule has 0 aromatic heterocycles. The van der Waals surface area contributed by atoms with Gasteiger partial charge in [0.15, 0.2) is 0 Å². The quantitative estimate of drug-likeness (QED) is 0.553. The number of hydrogen-bond donors (Lipinski definition) is 0. The molecule has 0 N–H and O–H groups in total. The first-order valence-corrected chi connectivity index (χ1v) is 4.55. The van der Waals surface area contributed by atoms with Gasteiger partial charge in [-0.25, -0.2) is 0 Å².